The van der Waals surface area contributed by atoms with Crippen LogP contribution in [0, 0.1) is 0 Å². The molecule has 2 rings (SSSR count). The minimum Gasteiger partial charge on any atom is -0.424 e. The summed E-state index contributed by atoms with van der Waals surface area (Å²) in [7, 11) is 0. The van der Waals surface area contributed by atoms with E-state index < -0.39 is 11.9 Å². The molecule has 0 N–H and O–H groups in total. The van der Waals surface area contributed by atoms with Gasteiger partial charge in [0, 0.05) is 19.2 Å². The van der Waals surface area contributed by atoms with Crippen LogP contribution in [0.5, 0.6) is 5.75 Å². The smallest absolute Gasteiger partial charge is 0.329 e. The van der Waals surface area contributed by atoms with Gasteiger partial charge < -0.3 is 9.57 Å². The van der Waals surface area contributed by atoms with Gasteiger partial charge in [0.15, 0.2) is 5.75 Å². The first-order chi connectivity index (χ1) is 8.08. The first-order valence-electron chi connectivity index (χ1n) is 5.05. The fourth-order valence-electron chi connectivity index (χ4n) is 1.57. The van der Waals surface area contributed by atoms with Gasteiger partial charge in [0.05, 0.1) is 11.7 Å². The molecule has 1 aromatic carbocycles. The molecule has 1 aromatic heterocycles. The van der Waals surface area contributed by atoms with Crippen molar-refractivity contribution in [1.29, 1.82) is 0 Å². The normalized spacial score (nSPS) is 10.2. The van der Waals surface area contributed by atoms with E-state index in [1.54, 1.807) is 18.2 Å². The molecule has 0 unspecified atom stereocenters. The predicted octanol–water partition coefficient (Wildman–Crippen LogP) is 1.54. The standard InChI is InChI=1S/C12H11NO4/c1-8(14)16-12-7-13(17-9(2)15)11-6-4-3-5-10(11)12/h3-7H,1-2H3. The van der Waals surface area contributed by atoms with Crippen molar-refractivity contribution in [2.75, 3.05) is 0 Å². The number of hydrogen-bond acceptors (Lipinski definition) is 4. The number of benzene rings is 1. The van der Waals surface area contributed by atoms with Crippen LogP contribution in [0.15, 0.2) is 30.5 Å². The Morgan fingerprint density at radius 2 is 1.82 bits per heavy atom. The zero-order chi connectivity index (χ0) is 12.4. The van der Waals surface area contributed by atoms with E-state index in [2.05, 4.69) is 0 Å². The molecule has 5 nitrogen and oxygen atoms in total. The van der Waals surface area contributed by atoms with Gasteiger partial charge in [0.2, 0.25) is 0 Å². The van der Waals surface area contributed by atoms with Crippen molar-refractivity contribution in [2.24, 2.45) is 0 Å². The number of esters is 1. The van der Waals surface area contributed by atoms with Gasteiger partial charge >= 0.3 is 11.9 Å². The monoisotopic (exact) mass is 233 g/mol. The number of para-hydroxylation sites is 1. The van der Waals surface area contributed by atoms with E-state index in [1.165, 1.54) is 24.8 Å². The van der Waals surface area contributed by atoms with Gasteiger partial charge in [-0.05, 0) is 12.1 Å². The van der Waals surface area contributed by atoms with Crippen molar-refractivity contribution in [3.8, 4) is 5.75 Å². The minimum atomic E-state index is -0.444. The van der Waals surface area contributed by atoms with Gasteiger partial charge in [-0.3, -0.25) is 4.79 Å². The summed E-state index contributed by atoms with van der Waals surface area (Å²) in [5.74, 6) is -0.495. The average molecular weight is 233 g/mol. The Morgan fingerprint density at radius 3 is 2.47 bits per heavy atom. The van der Waals surface area contributed by atoms with Crippen LogP contribution >= 0.6 is 0 Å². The molecule has 5 heteroatoms. The fourth-order valence-corrected chi connectivity index (χ4v) is 1.57. The number of carbonyl (C=O) groups is 2. The number of rotatable bonds is 2. The van der Waals surface area contributed by atoms with Crippen LogP contribution in [0.1, 0.15) is 13.8 Å². The maximum Gasteiger partial charge on any atom is 0.329 e. The lowest BCUT2D eigenvalue weighted by atomic mass is 10.2. The van der Waals surface area contributed by atoms with E-state index in [0.717, 1.165) is 0 Å². The molecule has 2 aromatic rings. The van der Waals surface area contributed by atoms with Gasteiger partial charge in [-0.15, -0.1) is 0 Å². The van der Waals surface area contributed by atoms with E-state index in [4.69, 9.17) is 9.57 Å². The molecular weight excluding hydrogens is 222 g/mol. The lowest BCUT2D eigenvalue weighted by molar-refractivity contribution is -0.140. The van der Waals surface area contributed by atoms with Crippen LogP contribution in [-0.2, 0) is 9.59 Å². The number of carbonyl (C=O) groups excluding carboxylic acids is 2. The van der Waals surface area contributed by atoms with E-state index in [1.807, 2.05) is 6.07 Å². The molecule has 0 aliphatic carbocycles. The molecule has 0 bridgehead atoms. The number of aromatic nitrogens is 1. The first kappa shape index (κ1) is 11.2. The predicted molar refractivity (Wildman–Crippen MR) is 60.5 cm³/mol. The molecule has 0 atom stereocenters. The number of ether oxygens (including phenoxy) is 1. The summed E-state index contributed by atoms with van der Waals surface area (Å²) >= 11 is 0. The quantitative estimate of drug-likeness (QED) is 0.738. The second kappa shape index (κ2) is 4.29. The van der Waals surface area contributed by atoms with Crippen LogP contribution in [0.3, 0.4) is 0 Å². The van der Waals surface area contributed by atoms with Crippen molar-refractivity contribution in [3.63, 3.8) is 0 Å². The third-order valence-corrected chi connectivity index (χ3v) is 2.12. The number of nitrogens with zero attached hydrogens (tertiary/aromatic N) is 1. The molecule has 0 amide bonds. The van der Waals surface area contributed by atoms with Crippen LogP contribution in [-0.4, -0.2) is 16.7 Å². The van der Waals surface area contributed by atoms with E-state index >= 15 is 0 Å². The lowest BCUT2D eigenvalue weighted by Gasteiger charge is -2.01. The molecule has 0 saturated heterocycles. The maximum atomic E-state index is 10.9. The Bertz CT molecular complexity index is 535. The molecular formula is C12H11NO4. The Morgan fingerprint density at radius 1 is 1.12 bits per heavy atom. The van der Waals surface area contributed by atoms with Crippen molar-refractivity contribution < 1.29 is 19.2 Å². The molecule has 0 spiro atoms. The average Bonchev–Trinajstić information content (AvgIpc) is 2.56. The summed E-state index contributed by atoms with van der Waals surface area (Å²) in [6.45, 7) is 2.62. The van der Waals surface area contributed by atoms with Crippen molar-refractivity contribution in [1.82, 2.24) is 4.73 Å². The minimum absolute atomic E-state index is 0.370. The molecule has 17 heavy (non-hydrogen) atoms. The Kier molecular flexibility index (Phi) is 2.82. The highest BCUT2D eigenvalue weighted by atomic mass is 16.7. The summed E-state index contributed by atoms with van der Waals surface area (Å²) in [4.78, 5) is 26.9. The highest BCUT2D eigenvalue weighted by Crippen LogP contribution is 2.27. The largest absolute Gasteiger partial charge is 0.424 e. The highest BCUT2D eigenvalue weighted by molar-refractivity contribution is 5.89. The van der Waals surface area contributed by atoms with Gasteiger partial charge in [0.25, 0.3) is 0 Å². The zero-order valence-corrected chi connectivity index (χ0v) is 9.47. The Hall–Kier alpha value is -2.30. The van der Waals surface area contributed by atoms with Gasteiger partial charge in [-0.1, -0.05) is 12.1 Å². The highest BCUT2D eigenvalue weighted by Gasteiger charge is 2.12. The van der Waals surface area contributed by atoms with E-state index in [9.17, 15) is 9.59 Å². The zero-order valence-electron chi connectivity index (χ0n) is 9.47. The van der Waals surface area contributed by atoms with E-state index in [0.29, 0.717) is 16.7 Å². The summed E-state index contributed by atoms with van der Waals surface area (Å²) < 4.78 is 6.33. The lowest BCUT2D eigenvalue weighted by Crippen LogP contribution is -2.15. The maximum absolute atomic E-state index is 10.9. The summed E-state index contributed by atoms with van der Waals surface area (Å²) in [5, 5.41) is 0.712. The van der Waals surface area contributed by atoms with Crippen LogP contribution < -0.4 is 9.57 Å². The molecule has 0 radical (unpaired) electrons. The Balaban J connectivity index is 2.53. The molecule has 1 heterocycles. The molecule has 0 fully saturated rings. The van der Waals surface area contributed by atoms with Crippen LogP contribution in [0.4, 0.5) is 0 Å². The molecule has 0 aliphatic rings. The molecule has 0 aliphatic heterocycles. The first-order valence-corrected chi connectivity index (χ1v) is 5.05. The number of hydrogen-bond donors (Lipinski definition) is 0. The molecule has 0 saturated carbocycles. The SMILES string of the molecule is CC(=O)Oc1cn(OC(C)=O)c2ccccc12. The second-order valence-electron chi connectivity index (χ2n) is 3.51. The summed E-state index contributed by atoms with van der Waals surface area (Å²) in [6.07, 6.45) is 1.47. The second-order valence-corrected chi connectivity index (χ2v) is 3.51. The number of fused-ring (bicyclic) bond motifs is 1. The third kappa shape index (κ3) is 2.28. The fraction of sp³-hybridized carbons (Fsp3) is 0.167. The van der Waals surface area contributed by atoms with E-state index in [-0.39, 0.29) is 0 Å². The van der Waals surface area contributed by atoms with Gasteiger partial charge in [-0.2, -0.15) is 4.73 Å². The van der Waals surface area contributed by atoms with Crippen molar-refractivity contribution in [2.45, 2.75) is 13.8 Å². The van der Waals surface area contributed by atoms with Crippen LogP contribution in [0.25, 0.3) is 10.9 Å². The summed E-state index contributed by atoms with van der Waals surface area (Å²) in [6, 6.07) is 7.17. The van der Waals surface area contributed by atoms with Crippen molar-refractivity contribution in [3.05, 3.63) is 30.5 Å². The van der Waals surface area contributed by atoms with Gasteiger partial charge in [-0.25, -0.2) is 4.79 Å². The van der Waals surface area contributed by atoms with Crippen molar-refractivity contribution >= 4 is 22.8 Å². The Labute approximate surface area is 97.5 Å². The molecule has 88 valence electrons. The third-order valence-electron chi connectivity index (χ3n) is 2.12. The summed E-state index contributed by atoms with van der Waals surface area (Å²) in [5.41, 5.74) is 0.666. The van der Waals surface area contributed by atoms with Gasteiger partial charge in [0.1, 0.15) is 0 Å². The topological polar surface area (TPSA) is 57.5 Å². The van der Waals surface area contributed by atoms with Crippen LogP contribution in [0.2, 0.25) is 0 Å².